The Bertz CT molecular complexity index is 2130. The van der Waals surface area contributed by atoms with E-state index in [0.29, 0.717) is 0 Å². The summed E-state index contributed by atoms with van der Waals surface area (Å²) < 4.78 is 0. The highest BCUT2D eigenvalue weighted by molar-refractivity contribution is 6.21. The fourth-order valence-corrected chi connectivity index (χ4v) is 6.13. The van der Waals surface area contributed by atoms with Gasteiger partial charge in [-0.05, 0) is 110 Å². The molecule has 0 aliphatic rings. The predicted octanol–water partition coefficient (Wildman–Crippen LogP) is 10.9. The topological polar surface area (TPSA) is 38.0 Å². The first-order chi connectivity index (χ1) is 22.0. The van der Waals surface area contributed by atoms with Crippen LogP contribution in [0.3, 0.4) is 0 Å². The van der Waals surface area contributed by atoms with Gasteiger partial charge in [-0.2, -0.15) is 0 Å². The van der Waals surface area contributed by atoms with Crippen LogP contribution in [0.15, 0.2) is 158 Å². The summed E-state index contributed by atoms with van der Waals surface area (Å²) >= 11 is 0. The maximum Gasteiger partial charge on any atom is 0.0417 e. The van der Waals surface area contributed by atoms with E-state index in [2.05, 4.69) is 151 Å². The summed E-state index contributed by atoms with van der Waals surface area (Å²) in [5.41, 5.74) is 16.4. The molecule has 220 valence electrons. The summed E-state index contributed by atoms with van der Waals surface area (Å²) in [7, 11) is 3.75. The van der Waals surface area contributed by atoms with Gasteiger partial charge in [0.05, 0.1) is 0 Å². The summed E-state index contributed by atoms with van der Waals surface area (Å²) in [5.74, 6) is 0. The van der Waals surface area contributed by atoms with Crippen molar-refractivity contribution >= 4 is 38.0 Å². The van der Waals surface area contributed by atoms with Crippen molar-refractivity contribution < 1.29 is 0 Å². The molecule has 2 nitrogen and oxygen atoms in total. The number of nitrogens with one attached hydrogen (secondary N) is 1. The zero-order valence-corrected chi connectivity index (χ0v) is 26.1. The molecule has 0 fully saturated rings. The summed E-state index contributed by atoms with van der Waals surface area (Å²) in [6.45, 7) is 5.84. The molecule has 0 spiro atoms. The third-order valence-corrected chi connectivity index (χ3v) is 8.38. The average molecular weight is 583 g/mol. The number of hydrogen-bond donors (Lipinski definition) is 2. The first-order valence-corrected chi connectivity index (χ1v) is 15.3. The Hall–Kier alpha value is -5.44. The van der Waals surface area contributed by atoms with Crippen LogP contribution in [-0.2, 0) is 0 Å². The third-order valence-electron chi connectivity index (χ3n) is 8.38. The SMILES string of the molecule is C=C/C(C)=C(\N)c1ccc(-c2cccc(-c3c4ccccc4c(-c4ccc5ccccc5c4)c4ccccc34)c2)cc1.CNC. The molecular formula is C43H38N2. The molecule has 7 rings (SSSR count). The molecule has 7 aromatic rings. The summed E-state index contributed by atoms with van der Waals surface area (Å²) in [6, 6.07) is 50.4. The number of nitrogens with two attached hydrogens (primary N) is 1. The van der Waals surface area contributed by atoms with Crippen LogP contribution in [0.4, 0.5) is 0 Å². The van der Waals surface area contributed by atoms with E-state index in [9.17, 15) is 0 Å². The molecule has 0 saturated heterocycles. The lowest BCUT2D eigenvalue weighted by atomic mass is 9.85. The van der Waals surface area contributed by atoms with Crippen LogP contribution in [0.5, 0.6) is 0 Å². The van der Waals surface area contributed by atoms with Gasteiger partial charge in [0.2, 0.25) is 0 Å². The molecule has 0 atom stereocenters. The standard InChI is InChI=1S/C41H31N.C2H7N/c1-3-27(2)41(42)30-22-19-29(20-23-30)32-13-10-14-33(25-32)39-35-15-6-8-17-37(35)40(38-18-9-7-16-36(38)39)34-24-21-28-11-4-5-12-31(28)26-34;1-3-2/h3-26H,1,42H2,2H3;3H,1-2H3/b41-27-;. The molecule has 0 radical (unpaired) electrons. The Labute approximate surface area is 266 Å². The van der Waals surface area contributed by atoms with E-state index < -0.39 is 0 Å². The quantitative estimate of drug-likeness (QED) is 0.156. The van der Waals surface area contributed by atoms with Gasteiger partial charge in [0.15, 0.2) is 0 Å². The Morgan fingerprint density at radius 1 is 0.533 bits per heavy atom. The lowest BCUT2D eigenvalue weighted by molar-refractivity contribution is 1.02. The highest BCUT2D eigenvalue weighted by Gasteiger charge is 2.17. The number of rotatable bonds is 5. The molecule has 0 amide bonds. The highest BCUT2D eigenvalue weighted by Crippen LogP contribution is 2.44. The molecule has 0 unspecified atom stereocenters. The second kappa shape index (κ2) is 13.1. The summed E-state index contributed by atoms with van der Waals surface area (Å²) in [5, 5.41) is 10.3. The molecular weight excluding hydrogens is 544 g/mol. The van der Waals surface area contributed by atoms with Crippen molar-refractivity contribution in [2.75, 3.05) is 14.1 Å². The predicted molar refractivity (Wildman–Crippen MR) is 197 cm³/mol. The van der Waals surface area contributed by atoms with Crippen LogP contribution in [0.1, 0.15) is 12.5 Å². The molecule has 0 heterocycles. The van der Waals surface area contributed by atoms with Crippen molar-refractivity contribution in [1.29, 1.82) is 0 Å². The molecule has 0 aromatic heterocycles. The Balaban J connectivity index is 0.00000115. The molecule has 0 saturated carbocycles. The minimum absolute atomic E-state index is 0.759. The molecule has 2 heteroatoms. The molecule has 0 aliphatic carbocycles. The number of benzene rings is 7. The van der Waals surface area contributed by atoms with Gasteiger partial charge in [-0.3, -0.25) is 0 Å². The third kappa shape index (κ3) is 5.76. The maximum absolute atomic E-state index is 6.33. The van der Waals surface area contributed by atoms with Gasteiger partial charge in [0, 0.05) is 5.70 Å². The van der Waals surface area contributed by atoms with E-state index in [1.807, 2.05) is 21.0 Å². The van der Waals surface area contributed by atoms with E-state index in [4.69, 9.17) is 5.73 Å². The average Bonchev–Trinajstić information content (AvgIpc) is 3.10. The zero-order chi connectivity index (χ0) is 31.3. The fourth-order valence-electron chi connectivity index (χ4n) is 6.13. The lowest BCUT2D eigenvalue weighted by Crippen LogP contribution is -1.98. The van der Waals surface area contributed by atoms with Crippen LogP contribution in [-0.4, -0.2) is 14.1 Å². The van der Waals surface area contributed by atoms with Crippen LogP contribution in [0.25, 0.3) is 71.4 Å². The normalized spacial score (nSPS) is 11.6. The van der Waals surface area contributed by atoms with Gasteiger partial charge in [-0.1, -0.05) is 140 Å². The van der Waals surface area contributed by atoms with Crippen molar-refractivity contribution in [1.82, 2.24) is 5.32 Å². The van der Waals surface area contributed by atoms with E-state index in [-0.39, 0.29) is 0 Å². The van der Waals surface area contributed by atoms with Gasteiger partial charge >= 0.3 is 0 Å². The Morgan fingerprint density at radius 3 is 1.56 bits per heavy atom. The second-order valence-corrected chi connectivity index (χ2v) is 11.4. The van der Waals surface area contributed by atoms with Crippen LogP contribution >= 0.6 is 0 Å². The monoisotopic (exact) mass is 582 g/mol. The first kappa shape index (κ1) is 29.6. The Morgan fingerprint density at radius 2 is 1.00 bits per heavy atom. The van der Waals surface area contributed by atoms with Crippen LogP contribution in [0, 0.1) is 0 Å². The molecule has 0 bridgehead atoms. The fraction of sp³-hybridized carbons (Fsp3) is 0.0698. The number of hydrogen-bond acceptors (Lipinski definition) is 2. The van der Waals surface area contributed by atoms with Gasteiger partial charge in [0.1, 0.15) is 0 Å². The molecule has 45 heavy (non-hydrogen) atoms. The maximum atomic E-state index is 6.33. The van der Waals surface area contributed by atoms with Crippen molar-refractivity contribution in [3.63, 3.8) is 0 Å². The molecule has 0 aliphatic heterocycles. The minimum Gasteiger partial charge on any atom is -0.398 e. The highest BCUT2D eigenvalue weighted by atomic mass is 14.7. The zero-order valence-electron chi connectivity index (χ0n) is 26.1. The van der Waals surface area contributed by atoms with Crippen molar-refractivity contribution in [3.05, 3.63) is 163 Å². The van der Waals surface area contributed by atoms with Gasteiger partial charge in [-0.25, -0.2) is 0 Å². The number of fused-ring (bicyclic) bond motifs is 3. The van der Waals surface area contributed by atoms with Crippen molar-refractivity contribution in [3.8, 4) is 33.4 Å². The van der Waals surface area contributed by atoms with Crippen molar-refractivity contribution in [2.24, 2.45) is 5.73 Å². The second-order valence-electron chi connectivity index (χ2n) is 11.4. The Kier molecular flexibility index (Phi) is 8.59. The van der Waals surface area contributed by atoms with E-state index in [1.54, 1.807) is 6.08 Å². The first-order valence-electron chi connectivity index (χ1n) is 15.3. The lowest BCUT2D eigenvalue weighted by Gasteiger charge is -2.18. The molecule has 7 aromatic carbocycles. The van der Waals surface area contributed by atoms with Crippen LogP contribution < -0.4 is 11.1 Å². The van der Waals surface area contributed by atoms with Crippen LogP contribution in [0.2, 0.25) is 0 Å². The minimum atomic E-state index is 0.759. The summed E-state index contributed by atoms with van der Waals surface area (Å²) in [6.07, 6.45) is 1.80. The smallest absolute Gasteiger partial charge is 0.0417 e. The van der Waals surface area contributed by atoms with Crippen molar-refractivity contribution in [2.45, 2.75) is 6.92 Å². The number of allylic oxidation sites excluding steroid dienone is 2. The summed E-state index contributed by atoms with van der Waals surface area (Å²) in [4.78, 5) is 0. The largest absolute Gasteiger partial charge is 0.398 e. The van der Waals surface area contributed by atoms with Gasteiger partial charge < -0.3 is 11.1 Å². The van der Waals surface area contributed by atoms with E-state index >= 15 is 0 Å². The van der Waals surface area contributed by atoms with Gasteiger partial charge in [0.25, 0.3) is 0 Å². The van der Waals surface area contributed by atoms with Gasteiger partial charge in [-0.15, -0.1) is 0 Å². The van der Waals surface area contributed by atoms with E-state index in [1.165, 1.54) is 60.1 Å². The molecule has 3 N–H and O–H groups in total. The van der Waals surface area contributed by atoms with E-state index in [0.717, 1.165) is 22.4 Å².